The molecule has 0 unspecified atom stereocenters. The fraction of sp³-hybridized carbons (Fsp3) is 0.125. The SMILES string of the molecule is COc1ccccc1OCC(=O)N/N=C(/C)c1cccc(NC(=O)c2cccc(Cl)c2)c1. The average molecular weight is 452 g/mol. The van der Waals surface area contributed by atoms with Crippen molar-refractivity contribution >= 4 is 34.8 Å². The van der Waals surface area contributed by atoms with Crippen LogP contribution in [0.25, 0.3) is 0 Å². The predicted octanol–water partition coefficient (Wildman–Crippen LogP) is 4.52. The maximum Gasteiger partial charge on any atom is 0.277 e. The zero-order valence-corrected chi connectivity index (χ0v) is 18.3. The van der Waals surface area contributed by atoms with Crippen LogP contribution in [0.1, 0.15) is 22.8 Å². The van der Waals surface area contributed by atoms with Gasteiger partial charge in [0, 0.05) is 16.3 Å². The number of amides is 2. The molecule has 3 aromatic rings. The van der Waals surface area contributed by atoms with Gasteiger partial charge >= 0.3 is 0 Å². The first-order valence-corrected chi connectivity index (χ1v) is 10.1. The number of ether oxygens (including phenoxy) is 2. The Morgan fingerprint density at radius 3 is 2.41 bits per heavy atom. The van der Waals surface area contributed by atoms with Gasteiger partial charge in [0.2, 0.25) is 0 Å². The Morgan fingerprint density at radius 1 is 0.938 bits per heavy atom. The minimum absolute atomic E-state index is 0.215. The first kappa shape index (κ1) is 22.8. The van der Waals surface area contributed by atoms with Crippen molar-refractivity contribution in [3.63, 3.8) is 0 Å². The normalized spacial score (nSPS) is 10.9. The van der Waals surface area contributed by atoms with Crippen LogP contribution < -0.4 is 20.2 Å². The highest BCUT2D eigenvalue weighted by molar-refractivity contribution is 6.31. The van der Waals surface area contributed by atoms with Gasteiger partial charge in [-0.15, -0.1) is 0 Å². The van der Waals surface area contributed by atoms with E-state index in [-0.39, 0.29) is 12.5 Å². The molecule has 0 aromatic heterocycles. The average Bonchev–Trinajstić information content (AvgIpc) is 2.81. The summed E-state index contributed by atoms with van der Waals surface area (Å²) in [7, 11) is 1.53. The van der Waals surface area contributed by atoms with Gasteiger partial charge in [-0.2, -0.15) is 5.10 Å². The van der Waals surface area contributed by atoms with E-state index in [0.717, 1.165) is 5.56 Å². The van der Waals surface area contributed by atoms with Gasteiger partial charge in [-0.3, -0.25) is 9.59 Å². The van der Waals surface area contributed by atoms with Crippen molar-refractivity contribution in [1.82, 2.24) is 5.43 Å². The van der Waals surface area contributed by atoms with Crippen molar-refractivity contribution in [2.75, 3.05) is 19.0 Å². The highest BCUT2D eigenvalue weighted by Gasteiger charge is 2.09. The largest absolute Gasteiger partial charge is 0.493 e. The Labute approximate surface area is 191 Å². The molecule has 0 saturated carbocycles. The van der Waals surface area contributed by atoms with Crippen LogP contribution in [0.4, 0.5) is 5.69 Å². The zero-order chi connectivity index (χ0) is 22.9. The Hall–Kier alpha value is -3.84. The van der Waals surface area contributed by atoms with E-state index in [2.05, 4.69) is 15.8 Å². The van der Waals surface area contributed by atoms with Gasteiger partial charge in [0.15, 0.2) is 18.1 Å². The van der Waals surface area contributed by atoms with Crippen LogP contribution in [-0.2, 0) is 4.79 Å². The molecule has 8 heteroatoms. The number of anilines is 1. The molecular formula is C24H22ClN3O4. The number of nitrogens with zero attached hydrogens (tertiary/aromatic N) is 1. The summed E-state index contributed by atoms with van der Waals surface area (Å²) >= 11 is 5.95. The molecule has 0 spiro atoms. The monoisotopic (exact) mass is 451 g/mol. The van der Waals surface area contributed by atoms with E-state index < -0.39 is 5.91 Å². The Balaban J connectivity index is 1.59. The quantitative estimate of drug-likeness (QED) is 0.389. The second kappa shape index (κ2) is 11.0. The molecule has 0 radical (unpaired) electrons. The molecule has 0 heterocycles. The summed E-state index contributed by atoms with van der Waals surface area (Å²) in [6.45, 7) is 1.53. The fourth-order valence-corrected chi connectivity index (χ4v) is 2.97. The number of nitrogens with one attached hydrogen (secondary N) is 2. The third-order valence-corrected chi connectivity index (χ3v) is 4.64. The Kier molecular flexibility index (Phi) is 7.83. The maximum absolute atomic E-state index is 12.4. The number of benzene rings is 3. The van der Waals surface area contributed by atoms with E-state index >= 15 is 0 Å². The molecule has 3 aromatic carbocycles. The zero-order valence-electron chi connectivity index (χ0n) is 17.6. The third-order valence-electron chi connectivity index (χ3n) is 4.40. The van der Waals surface area contributed by atoms with Crippen LogP contribution in [0.5, 0.6) is 11.5 Å². The lowest BCUT2D eigenvalue weighted by atomic mass is 10.1. The lowest BCUT2D eigenvalue weighted by Crippen LogP contribution is -2.25. The molecule has 0 bridgehead atoms. The molecule has 2 amide bonds. The van der Waals surface area contributed by atoms with E-state index in [0.29, 0.717) is 33.5 Å². The second-order valence-electron chi connectivity index (χ2n) is 6.72. The van der Waals surface area contributed by atoms with Gasteiger partial charge in [-0.25, -0.2) is 5.43 Å². The van der Waals surface area contributed by atoms with Crippen molar-refractivity contribution in [1.29, 1.82) is 0 Å². The third kappa shape index (κ3) is 6.33. The van der Waals surface area contributed by atoms with E-state index in [1.165, 1.54) is 7.11 Å². The van der Waals surface area contributed by atoms with Crippen molar-refractivity contribution in [3.8, 4) is 11.5 Å². The Bertz CT molecular complexity index is 1150. The molecule has 0 saturated heterocycles. The van der Waals surface area contributed by atoms with Gasteiger partial charge < -0.3 is 14.8 Å². The van der Waals surface area contributed by atoms with Crippen LogP contribution in [0.2, 0.25) is 5.02 Å². The van der Waals surface area contributed by atoms with E-state index in [4.69, 9.17) is 21.1 Å². The lowest BCUT2D eigenvalue weighted by molar-refractivity contribution is -0.123. The smallest absolute Gasteiger partial charge is 0.277 e. The molecule has 0 fully saturated rings. The minimum Gasteiger partial charge on any atom is -0.493 e. The van der Waals surface area contributed by atoms with Gasteiger partial charge in [-0.05, 0) is 55.0 Å². The van der Waals surface area contributed by atoms with Gasteiger partial charge in [0.05, 0.1) is 12.8 Å². The molecule has 7 nitrogen and oxygen atoms in total. The van der Waals surface area contributed by atoms with Gasteiger partial charge in [0.25, 0.3) is 11.8 Å². The van der Waals surface area contributed by atoms with Crippen LogP contribution >= 0.6 is 11.6 Å². The molecule has 32 heavy (non-hydrogen) atoms. The van der Waals surface area contributed by atoms with Crippen molar-refractivity contribution < 1.29 is 19.1 Å². The van der Waals surface area contributed by atoms with Gasteiger partial charge in [0.1, 0.15) is 0 Å². The van der Waals surface area contributed by atoms with E-state index in [1.807, 2.05) is 12.1 Å². The highest BCUT2D eigenvalue weighted by atomic mass is 35.5. The predicted molar refractivity (Wildman–Crippen MR) is 125 cm³/mol. The number of methoxy groups -OCH3 is 1. The van der Waals surface area contributed by atoms with Crippen LogP contribution in [0, 0.1) is 0 Å². The first-order chi connectivity index (χ1) is 15.5. The molecule has 3 rings (SSSR count). The van der Waals surface area contributed by atoms with Crippen LogP contribution in [-0.4, -0.2) is 31.2 Å². The van der Waals surface area contributed by atoms with Crippen molar-refractivity contribution in [3.05, 3.63) is 88.9 Å². The molecule has 0 aliphatic carbocycles. The summed E-state index contributed by atoms with van der Waals surface area (Å²) in [6, 6.07) is 20.9. The number of hydrogen-bond donors (Lipinski definition) is 2. The molecule has 0 aliphatic heterocycles. The summed E-state index contributed by atoms with van der Waals surface area (Å²) in [5.74, 6) is 0.312. The van der Waals surface area contributed by atoms with Gasteiger partial charge in [-0.1, -0.05) is 41.9 Å². The van der Waals surface area contributed by atoms with Crippen molar-refractivity contribution in [2.24, 2.45) is 5.10 Å². The number of rotatable bonds is 8. The molecule has 0 atom stereocenters. The van der Waals surface area contributed by atoms with E-state index in [1.54, 1.807) is 67.6 Å². The standard InChI is InChI=1S/C24H22ClN3O4/c1-16(27-28-23(29)15-32-22-12-4-3-11-21(22)31-2)17-7-6-10-20(14-17)26-24(30)18-8-5-9-19(25)13-18/h3-14H,15H2,1-2H3,(H,26,30)(H,28,29)/b27-16-. The maximum atomic E-state index is 12.4. The lowest BCUT2D eigenvalue weighted by Gasteiger charge is -2.10. The first-order valence-electron chi connectivity index (χ1n) is 9.72. The second-order valence-corrected chi connectivity index (χ2v) is 7.15. The molecule has 164 valence electrons. The summed E-state index contributed by atoms with van der Waals surface area (Å²) in [4.78, 5) is 24.5. The molecular weight excluding hydrogens is 430 g/mol. The summed E-state index contributed by atoms with van der Waals surface area (Å²) < 4.78 is 10.7. The van der Waals surface area contributed by atoms with Crippen LogP contribution in [0.3, 0.4) is 0 Å². The summed E-state index contributed by atoms with van der Waals surface area (Å²) in [5, 5.41) is 7.42. The number of carbonyl (C=O) groups excluding carboxylic acids is 2. The number of para-hydroxylation sites is 2. The minimum atomic E-state index is -0.416. The van der Waals surface area contributed by atoms with E-state index in [9.17, 15) is 9.59 Å². The summed E-state index contributed by atoms with van der Waals surface area (Å²) in [6.07, 6.45) is 0. The fourth-order valence-electron chi connectivity index (χ4n) is 2.78. The molecule has 0 aliphatic rings. The summed E-state index contributed by atoms with van der Waals surface area (Å²) in [5.41, 5.74) is 4.81. The number of halogens is 1. The number of hydrazone groups is 1. The van der Waals surface area contributed by atoms with Crippen LogP contribution in [0.15, 0.2) is 77.9 Å². The number of carbonyl (C=O) groups is 2. The Morgan fingerprint density at radius 2 is 1.66 bits per heavy atom. The highest BCUT2D eigenvalue weighted by Crippen LogP contribution is 2.25. The van der Waals surface area contributed by atoms with Crippen molar-refractivity contribution in [2.45, 2.75) is 6.92 Å². The molecule has 2 N–H and O–H groups in total. The number of hydrogen-bond acceptors (Lipinski definition) is 5. The topological polar surface area (TPSA) is 89.0 Å².